The van der Waals surface area contributed by atoms with Gasteiger partial charge in [-0.1, -0.05) is 24.8 Å². The van der Waals surface area contributed by atoms with Crippen LogP contribution in [0.4, 0.5) is 5.82 Å². The van der Waals surface area contributed by atoms with Crippen LogP contribution in [0.1, 0.15) is 30.3 Å². The van der Waals surface area contributed by atoms with Crippen LogP contribution in [-0.2, 0) is 17.6 Å². The Morgan fingerprint density at radius 1 is 1.41 bits per heavy atom. The van der Waals surface area contributed by atoms with Crippen LogP contribution in [0.3, 0.4) is 0 Å². The predicted molar refractivity (Wildman–Crippen MR) is 114 cm³/mol. The standard InChI is InChI=1S/C21H21ClN6O/c1-3-29-12(2)18-11-23-20-19(26-21(22)27-28(18)20)24-13-8-9-17-15(10-13)14-6-4-5-7-16(14)25-17/h4-7,11,13,25H,2-3,8-10H2,1H3,(H,24,26,27). The van der Waals surface area contributed by atoms with E-state index in [-0.39, 0.29) is 11.3 Å². The molecule has 5 rings (SSSR count). The number of nitrogens with one attached hydrogen (secondary N) is 2. The Hall–Kier alpha value is -3.06. The highest BCUT2D eigenvalue weighted by atomic mass is 35.5. The fourth-order valence-electron chi connectivity index (χ4n) is 4.08. The van der Waals surface area contributed by atoms with Crippen molar-refractivity contribution in [2.24, 2.45) is 0 Å². The number of benzene rings is 1. The molecule has 0 fully saturated rings. The molecule has 7 nitrogen and oxygen atoms in total. The maximum Gasteiger partial charge on any atom is 0.243 e. The third kappa shape index (κ3) is 3.11. The van der Waals surface area contributed by atoms with Crippen LogP contribution >= 0.6 is 11.6 Å². The van der Waals surface area contributed by atoms with Gasteiger partial charge in [-0.2, -0.15) is 4.98 Å². The van der Waals surface area contributed by atoms with E-state index in [1.54, 1.807) is 10.7 Å². The average molecular weight is 409 g/mol. The lowest BCUT2D eigenvalue weighted by molar-refractivity contribution is 0.297. The first kappa shape index (κ1) is 18.0. The van der Waals surface area contributed by atoms with Gasteiger partial charge >= 0.3 is 0 Å². The van der Waals surface area contributed by atoms with Gasteiger partial charge in [-0.3, -0.25) is 0 Å². The summed E-state index contributed by atoms with van der Waals surface area (Å²) < 4.78 is 7.15. The highest BCUT2D eigenvalue weighted by Gasteiger charge is 2.24. The molecule has 1 aromatic carbocycles. The van der Waals surface area contributed by atoms with Crippen LogP contribution in [0.15, 0.2) is 37.0 Å². The monoisotopic (exact) mass is 408 g/mol. The number of rotatable bonds is 5. The molecule has 1 aliphatic rings. The molecule has 0 amide bonds. The number of ether oxygens (including phenoxy) is 1. The Kier molecular flexibility index (Phi) is 4.39. The first-order chi connectivity index (χ1) is 14.1. The number of nitrogens with zero attached hydrogens (tertiary/aromatic N) is 4. The summed E-state index contributed by atoms with van der Waals surface area (Å²) in [6, 6.07) is 8.67. The van der Waals surface area contributed by atoms with Gasteiger partial charge in [0.1, 0.15) is 11.5 Å². The number of H-pyrrole nitrogens is 1. The number of anilines is 1. The van der Waals surface area contributed by atoms with Gasteiger partial charge < -0.3 is 15.0 Å². The van der Waals surface area contributed by atoms with Crippen LogP contribution in [0.2, 0.25) is 5.28 Å². The number of imidazole rings is 1. The zero-order valence-corrected chi connectivity index (χ0v) is 16.8. The molecule has 0 bridgehead atoms. The largest absolute Gasteiger partial charge is 0.492 e. The molecule has 0 saturated heterocycles. The number of aromatic nitrogens is 5. The second kappa shape index (κ2) is 7.08. The minimum Gasteiger partial charge on any atom is -0.492 e. The van der Waals surface area contributed by atoms with Crippen molar-refractivity contribution in [3.63, 3.8) is 0 Å². The van der Waals surface area contributed by atoms with E-state index in [0.29, 0.717) is 29.5 Å². The zero-order valence-electron chi connectivity index (χ0n) is 16.1. The van der Waals surface area contributed by atoms with Gasteiger partial charge in [-0.25, -0.2) is 9.50 Å². The number of hydrogen-bond donors (Lipinski definition) is 2. The first-order valence-electron chi connectivity index (χ1n) is 9.72. The van der Waals surface area contributed by atoms with Gasteiger partial charge in [0.15, 0.2) is 11.5 Å². The van der Waals surface area contributed by atoms with Gasteiger partial charge in [-0.05, 0) is 49.4 Å². The lowest BCUT2D eigenvalue weighted by Gasteiger charge is -2.24. The summed E-state index contributed by atoms with van der Waals surface area (Å²) >= 11 is 6.21. The number of hydrogen-bond acceptors (Lipinski definition) is 5. The van der Waals surface area contributed by atoms with E-state index >= 15 is 0 Å². The molecule has 148 valence electrons. The van der Waals surface area contributed by atoms with Crippen molar-refractivity contribution in [3.8, 4) is 0 Å². The highest BCUT2D eigenvalue weighted by Crippen LogP contribution is 2.31. The van der Waals surface area contributed by atoms with Crippen LogP contribution in [-0.4, -0.2) is 37.2 Å². The Bertz CT molecular complexity index is 1230. The Labute approximate surface area is 172 Å². The molecule has 2 N–H and O–H groups in total. The van der Waals surface area contributed by atoms with Crippen molar-refractivity contribution >= 4 is 39.7 Å². The summed E-state index contributed by atoms with van der Waals surface area (Å²) in [5.74, 6) is 1.12. The van der Waals surface area contributed by atoms with Crippen molar-refractivity contribution in [3.05, 3.63) is 59.3 Å². The Morgan fingerprint density at radius 3 is 3.14 bits per heavy atom. The van der Waals surface area contributed by atoms with E-state index in [1.807, 2.05) is 6.92 Å². The van der Waals surface area contributed by atoms with E-state index < -0.39 is 0 Å². The quantitative estimate of drug-likeness (QED) is 0.483. The molecule has 0 saturated carbocycles. The van der Waals surface area contributed by atoms with Crippen molar-refractivity contribution < 1.29 is 4.74 Å². The third-order valence-electron chi connectivity index (χ3n) is 5.38. The molecule has 1 unspecified atom stereocenters. The van der Waals surface area contributed by atoms with Gasteiger partial charge in [0.05, 0.1) is 12.8 Å². The third-order valence-corrected chi connectivity index (χ3v) is 5.54. The maximum absolute atomic E-state index is 6.21. The first-order valence-corrected chi connectivity index (χ1v) is 10.1. The van der Waals surface area contributed by atoms with Gasteiger partial charge in [0, 0.05) is 22.6 Å². The van der Waals surface area contributed by atoms with E-state index in [9.17, 15) is 0 Å². The van der Waals surface area contributed by atoms with Crippen LogP contribution in [0.25, 0.3) is 22.3 Å². The van der Waals surface area contributed by atoms with Crippen LogP contribution in [0.5, 0.6) is 0 Å². The molecule has 1 aliphatic carbocycles. The molecule has 4 aromatic rings. The van der Waals surface area contributed by atoms with Gasteiger partial charge in [0.25, 0.3) is 0 Å². The minimum atomic E-state index is 0.146. The highest BCUT2D eigenvalue weighted by molar-refractivity contribution is 6.28. The van der Waals surface area contributed by atoms with E-state index in [4.69, 9.17) is 16.3 Å². The average Bonchev–Trinajstić information content (AvgIpc) is 3.29. The van der Waals surface area contributed by atoms with Crippen LogP contribution in [0, 0.1) is 0 Å². The normalized spacial score (nSPS) is 16.1. The second-order valence-corrected chi connectivity index (χ2v) is 7.51. The lowest BCUT2D eigenvalue weighted by atomic mass is 9.91. The smallest absolute Gasteiger partial charge is 0.243 e. The lowest BCUT2D eigenvalue weighted by Crippen LogP contribution is -2.28. The molecule has 8 heteroatoms. The van der Waals surface area contributed by atoms with Crippen molar-refractivity contribution in [1.82, 2.24) is 24.6 Å². The van der Waals surface area contributed by atoms with Crippen molar-refractivity contribution in [1.29, 1.82) is 0 Å². The number of halogens is 1. The summed E-state index contributed by atoms with van der Waals surface area (Å²) in [5.41, 5.74) is 5.16. The molecule has 0 spiro atoms. The molecule has 1 atom stereocenters. The van der Waals surface area contributed by atoms with E-state index in [2.05, 4.69) is 56.2 Å². The number of aryl methyl sites for hydroxylation is 1. The summed E-state index contributed by atoms with van der Waals surface area (Å²) in [6.45, 7) is 6.38. The zero-order chi connectivity index (χ0) is 20.0. The molecule has 0 aliphatic heterocycles. The molecular formula is C21H21ClN6O. The van der Waals surface area contributed by atoms with E-state index in [0.717, 1.165) is 19.3 Å². The molecule has 3 aromatic heterocycles. The minimum absolute atomic E-state index is 0.146. The molecule has 0 radical (unpaired) electrons. The molecule has 3 heterocycles. The van der Waals surface area contributed by atoms with Gasteiger partial charge in [-0.15, -0.1) is 5.10 Å². The molecular weight excluding hydrogens is 388 g/mol. The Morgan fingerprint density at radius 2 is 2.28 bits per heavy atom. The van der Waals surface area contributed by atoms with Crippen molar-refractivity contribution in [2.45, 2.75) is 32.2 Å². The number of aromatic amines is 1. The summed E-state index contributed by atoms with van der Waals surface area (Å²) in [5, 5.41) is 9.26. The maximum atomic E-state index is 6.21. The second-order valence-electron chi connectivity index (χ2n) is 7.18. The number of para-hydroxylation sites is 1. The topological polar surface area (TPSA) is 80.1 Å². The summed E-state index contributed by atoms with van der Waals surface area (Å²) in [4.78, 5) is 12.4. The van der Waals surface area contributed by atoms with Gasteiger partial charge in [0.2, 0.25) is 5.28 Å². The fourth-order valence-corrected chi connectivity index (χ4v) is 4.24. The summed E-state index contributed by atoms with van der Waals surface area (Å²) in [7, 11) is 0. The Balaban J connectivity index is 1.47. The summed E-state index contributed by atoms with van der Waals surface area (Å²) in [6.07, 6.45) is 4.57. The molecule has 29 heavy (non-hydrogen) atoms. The predicted octanol–water partition coefficient (Wildman–Crippen LogP) is 4.24. The SMILES string of the molecule is C=C(OCC)c1cnc2c(NC3CCc4[nH]c5ccccc5c4C3)nc(Cl)nn12. The number of fused-ring (bicyclic) bond motifs is 4. The van der Waals surface area contributed by atoms with E-state index in [1.165, 1.54) is 22.2 Å². The van der Waals surface area contributed by atoms with Crippen molar-refractivity contribution in [2.75, 3.05) is 11.9 Å². The fraction of sp³-hybridized carbons (Fsp3) is 0.286. The van der Waals surface area contributed by atoms with Crippen LogP contribution < -0.4 is 5.32 Å².